The van der Waals surface area contributed by atoms with Gasteiger partial charge in [0.05, 0.1) is 18.2 Å². The molecule has 0 aliphatic heterocycles. The van der Waals surface area contributed by atoms with Crippen molar-refractivity contribution in [2.24, 2.45) is 5.92 Å². The molecule has 2 aromatic rings. The molecule has 118 valence electrons. The molecular formula is C15H21N5OS. The first-order valence-electron chi connectivity index (χ1n) is 7.84. The molecule has 0 fully saturated rings. The minimum Gasteiger partial charge on any atom is -0.302 e. The number of aromatic nitrogens is 4. The first-order valence-corrected chi connectivity index (χ1v) is 8.66. The molecule has 6 nitrogen and oxygen atoms in total. The number of aryl methyl sites for hydroxylation is 2. The molecule has 0 unspecified atom stereocenters. The zero-order chi connectivity index (χ0) is 15.4. The Morgan fingerprint density at radius 3 is 2.95 bits per heavy atom. The average Bonchev–Trinajstić information content (AvgIpc) is 3.09. The molecule has 1 amide bonds. The SMILES string of the molecule is C[C@@H](Cn1cncn1)C(=O)Nc1nc2c(s1)CCCCCC2. The number of fused-ring (bicyclic) bond motifs is 1. The molecule has 0 bridgehead atoms. The van der Waals surface area contributed by atoms with Crippen LogP contribution in [0.15, 0.2) is 12.7 Å². The highest BCUT2D eigenvalue weighted by atomic mass is 32.1. The van der Waals surface area contributed by atoms with Gasteiger partial charge in [-0.05, 0) is 25.7 Å². The highest BCUT2D eigenvalue weighted by Crippen LogP contribution is 2.28. The largest absolute Gasteiger partial charge is 0.302 e. The van der Waals surface area contributed by atoms with Crippen LogP contribution in [0.2, 0.25) is 0 Å². The van der Waals surface area contributed by atoms with Crippen LogP contribution < -0.4 is 5.32 Å². The zero-order valence-corrected chi connectivity index (χ0v) is 13.6. The maximum Gasteiger partial charge on any atom is 0.230 e. The Labute approximate surface area is 134 Å². The van der Waals surface area contributed by atoms with Gasteiger partial charge in [-0.2, -0.15) is 5.10 Å². The van der Waals surface area contributed by atoms with Gasteiger partial charge >= 0.3 is 0 Å². The standard InChI is InChI=1S/C15H21N5OS/c1-11(8-20-10-16-9-17-20)14(21)19-15-18-12-6-4-2-3-5-7-13(12)22-15/h9-11H,2-8H2,1H3,(H,18,19,21)/t11-/m0/s1. The van der Waals surface area contributed by atoms with E-state index < -0.39 is 0 Å². The molecule has 1 atom stereocenters. The van der Waals surface area contributed by atoms with E-state index in [1.54, 1.807) is 22.3 Å². The van der Waals surface area contributed by atoms with Crippen LogP contribution in [0.1, 0.15) is 43.2 Å². The third kappa shape index (κ3) is 3.71. The fourth-order valence-electron chi connectivity index (χ4n) is 2.68. The Hall–Kier alpha value is -1.76. The van der Waals surface area contributed by atoms with E-state index in [0.29, 0.717) is 6.54 Å². The lowest BCUT2D eigenvalue weighted by Gasteiger charge is -2.10. The second-order valence-corrected chi connectivity index (χ2v) is 6.89. The van der Waals surface area contributed by atoms with Crippen molar-refractivity contribution in [2.45, 2.75) is 52.0 Å². The number of thiazole rings is 1. The van der Waals surface area contributed by atoms with Crippen molar-refractivity contribution in [1.82, 2.24) is 19.7 Å². The first kappa shape index (κ1) is 15.1. The van der Waals surface area contributed by atoms with Crippen LogP contribution in [0.4, 0.5) is 5.13 Å². The second kappa shape index (κ2) is 7.00. The number of anilines is 1. The molecule has 0 radical (unpaired) electrons. The van der Waals surface area contributed by atoms with Crippen molar-refractivity contribution in [3.8, 4) is 0 Å². The summed E-state index contributed by atoms with van der Waals surface area (Å²) in [6, 6.07) is 0. The summed E-state index contributed by atoms with van der Waals surface area (Å²) in [4.78, 5) is 22.1. The van der Waals surface area contributed by atoms with Gasteiger partial charge in [-0.15, -0.1) is 11.3 Å². The summed E-state index contributed by atoms with van der Waals surface area (Å²) in [5, 5.41) is 7.73. The Bertz CT molecular complexity index is 596. The Kier molecular flexibility index (Phi) is 4.82. The predicted octanol–water partition coefficient (Wildman–Crippen LogP) is 2.67. The van der Waals surface area contributed by atoms with Crippen molar-refractivity contribution < 1.29 is 4.79 Å². The molecule has 22 heavy (non-hydrogen) atoms. The number of hydrogen-bond donors (Lipinski definition) is 1. The van der Waals surface area contributed by atoms with E-state index in [9.17, 15) is 4.79 Å². The van der Waals surface area contributed by atoms with E-state index >= 15 is 0 Å². The number of amides is 1. The maximum atomic E-state index is 12.3. The third-order valence-electron chi connectivity index (χ3n) is 3.95. The summed E-state index contributed by atoms with van der Waals surface area (Å²) in [6.45, 7) is 2.41. The summed E-state index contributed by atoms with van der Waals surface area (Å²) in [6.07, 6.45) is 10.2. The van der Waals surface area contributed by atoms with Crippen LogP contribution in [0.3, 0.4) is 0 Å². The van der Waals surface area contributed by atoms with Gasteiger partial charge in [0.2, 0.25) is 5.91 Å². The molecule has 1 aliphatic rings. The molecule has 0 saturated heterocycles. The molecule has 1 aliphatic carbocycles. The van der Waals surface area contributed by atoms with Crippen molar-refractivity contribution in [3.05, 3.63) is 23.2 Å². The third-order valence-corrected chi connectivity index (χ3v) is 5.02. The molecule has 0 aromatic carbocycles. The topological polar surface area (TPSA) is 72.7 Å². The number of rotatable bonds is 4. The maximum absolute atomic E-state index is 12.3. The molecule has 2 aromatic heterocycles. The van der Waals surface area contributed by atoms with Crippen LogP contribution in [0.25, 0.3) is 0 Å². The van der Waals surface area contributed by atoms with Gasteiger partial charge in [0.15, 0.2) is 5.13 Å². The Balaban J connectivity index is 1.62. The van der Waals surface area contributed by atoms with E-state index in [4.69, 9.17) is 0 Å². The summed E-state index contributed by atoms with van der Waals surface area (Å²) in [7, 11) is 0. The highest BCUT2D eigenvalue weighted by Gasteiger charge is 2.18. The molecule has 2 heterocycles. The summed E-state index contributed by atoms with van der Waals surface area (Å²) >= 11 is 1.63. The fourth-order valence-corrected chi connectivity index (χ4v) is 3.73. The normalized spacial score (nSPS) is 16.4. The number of hydrogen-bond acceptors (Lipinski definition) is 5. The van der Waals surface area contributed by atoms with E-state index in [2.05, 4.69) is 20.4 Å². The predicted molar refractivity (Wildman–Crippen MR) is 85.8 cm³/mol. The molecule has 7 heteroatoms. The van der Waals surface area contributed by atoms with Crippen molar-refractivity contribution >= 4 is 22.4 Å². The number of nitrogens with one attached hydrogen (secondary N) is 1. The zero-order valence-electron chi connectivity index (χ0n) is 12.8. The average molecular weight is 319 g/mol. The smallest absolute Gasteiger partial charge is 0.230 e. The Morgan fingerprint density at radius 2 is 2.18 bits per heavy atom. The summed E-state index contributed by atoms with van der Waals surface area (Å²) in [5.74, 6) is -0.189. The second-order valence-electron chi connectivity index (χ2n) is 5.81. The molecule has 3 rings (SSSR count). The van der Waals surface area contributed by atoms with Gasteiger partial charge in [-0.3, -0.25) is 9.48 Å². The van der Waals surface area contributed by atoms with Crippen LogP contribution in [-0.4, -0.2) is 25.7 Å². The van der Waals surface area contributed by atoms with Gasteiger partial charge in [0.1, 0.15) is 12.7 Å². The van der Waals surface area contributed by atoms with Gasteiger partial charge in [-0.1, -0.05) is 19.8 Å². The van der Waals surface area contributed by atoms with Crippen LogP contribution in [-0.2, 0) is 24.2 Å². The molecule has 1 N–H and O–H groups in total. The monoisotopic (exact) mass is 319 g/mol. The Morgan fingerprint density at radius 1 is 1.36 bits per heavy atom. The van der Waals surface area contributed by atoms with Crippen LogP contribution >= 0.6 is 11.3 Å². The van der Waals surface area contributed by atoms with Crippen molar-refractivity contribution in [3.63, 3.8) is 0 Å². The lowest BCUT2D eigenvalue weighted by Crippen LogP contribution is -2.24. The fraction of sp³-hybridized carbons (Fsp3) is 0.600. The van der Waals surface area contributed by atoms with Crippen molar-refractivity contribution in [1.29, 1.82) is 0 Å². The van der Waals surface area contributed by atoms with E-state index in [0.717, 1.165) is 18.0 Å². The number of nitrogens with zero attached hydrogens (tertiary/aromatic N) is 4. The van der Waals surface area contributed by atoms with Gasteiger partial charge in [0.25, 0.3) is 0 Å². The quantitative estimate of drug-likeness (QED) is 0.940. The molecular weight excluding hydrogens is 298 g/mol. The van der Waals surface area contributed by atoms with Crippen LogP contribution in [0, 0.1) is 5.92 Å². The minimum absolute atomic E-state index is 0.0165. The van der Waals surface area contributed by atoms with Crippen LogP contribution in [0.5, 0.6) is 0 Å². The summed E-state index contributed by atoms with van der Waals surface area (Å²) in [5.41, 5.74) is 1.18. The lowest BCUT2D eigenvalue weighted by molar-refractivity contribution is -0.119. The number of carbonyl (C=O) groups is 1. The van der Waals surface area contributed by atoms with E-state index in [-0.39, 0.29) is 11.8 Å². The first-order chi connectivity index (χ1) is 10.7. The molecule has 0 saturated carbocycles. The van der Waals surface area contributed by atoms with E-state index in [1.807, 2.05) is 6.92 Å². The summed E-state index contributed by atoms with van der Waals surface area (Å²) < 4.78 is 1.67. The van der Waals surface area contributed by atoms with Crippen molar-refractivity contribution in [2.75, 3.05) is 5.32 Å². The lowest BCUT2D eigenvalue weighted by atomic mass is 10.0. The van der Waals surface area contributed by atoms with E-state index in [1.165, 1.54) is 42.6 Å². The minimum atomic E-state index is -0.173. The highest BCUT2D eigenvalue weighted by molar-refractivity contribution is 7.15. The van der Waals surface area contributed by atoms with Gasteiger partial charge in [-0.25, -0.2) is 9.97 Å². The molecule has 0 spiro atoms. The number of carbonyl (C=O) groups excluding carboxylic acids is 1. The van der Waals surface area contributed by atoms with Gasteiger partial charge in [0, 0.05) is 4.88 Å². The van der Waals surface area contributed by atoms with Gasteiger partial charge < -0.3 is 5.32 Å².